The number of carbonyl (C=O) groups excluding carboxylic acids is 1. The molecule has 0 spiro atoms. The molecule has 7 nitrogen and oxygen atoms in total. The van der Waals surface area contributed by atoms with Crippen LogP contribution in [0.4, 0.5) is 0 Å². The van der Waals surface area contributed by atoms with E-state index >= 15 is 0 Å². The Hall–Kier alpha value is -1.96. The second-order valence-electron chi connectivity index (χ2n) is 6.23. The lowest BCUT2D eigenvalue weighted by Gasteiger charge is -2.24. The third kappa shape index (κ3) is 3.08. The van der Waals surface area contributed by atoms with Gasteiger partial charge in [-0.3, -0.25) is 9.48 Å². The SMILES string of the molecule is Cc1cc(C(=O)NS(=O)(=O)CC2CCC2)c2c(C)nn(C)c2n1. The van der Waals surface area contributed by atoms with Crippen molar-refractivity contribution in [2.75, 3.05) is 5.75 Å². The molecule has 1 amide bonds. The smallest absolute Gasteiger partial charge is 0.265 e. The first-order valence-electron chi connectivity index (χ1n) is 7.62. The number of fused-ring (bicyclic) bond motifs is 1. The molecule has 124 valence electrons. The van der Waals surface area contributed by atoms with E-state index in [-0.39, 0.29) is 11.7 Å². The Bertz CT molecular complexity index is 882. The summed E-state index contributed by atoms with van der Waals surface area (Å²) in [5, 5.41) is 4.86. The van der Waals surface area contributed by atoms with Gasteiger partial charge in [0.25, 0.3) is 5.91 Å². The Morgan fingerprint density at radius 3 is 2.70 bits per heavy atom. The van der Waals surface area contributed by atoms with Gasteiger partial charge >= 0.3 is 0 Å². The Morgan fingerprint density at radius 1 is 1.39 bits per heavy atom. The topological polar surface area (TPSA) is 94.0 Å². The highest BCUT2D eigenvalue weighted by molar-refractivity contribution is 7.90. The fourth-order valence-electron chi connectivity index (χ4n) is 2.96. The number of nitrogens with zero attached hydrogens (tertiary/aromatic N) is 3. The monoisotopic (exact) mass is 336 g/mol. The normalized spacial score (nSPS) is 15.6. The number of hydrogen-bond acceptors (Lipinski definition) is 5. The van der Waals surface area contributed by atoms with Gasteiger partial charge in [0.1, 0.15) is 0 Å². The zero-order chi connectivity index (χ0) is 16.8. The third-order valence-corrected chi connectivity index (χ3v) is 5.68. The van der Waals surface area contributed by atoms with Crippen LogP contribution in [0.2, 0.25) is 0 Å². The van der Waals surface area contributed by atoms with Crippen LogP contribution in [0.1, 0.15) is 41.0 Å². The van der Waals surface area contributed by atoms with Crippen LogP contribution in [0.15, 0.2) is 6.07 Å². The molecule has 0 bridgehead atoms. The van der Waals surface area contributed by atoms with Gasteiger partial charge in [-0.25, -0.2) is 18.1 Å². The number of aryl methyl sites for hydroxylation is 3. The first kappa shape index (κ1) is 15.9. The van der Waals surface area contributed by atoms with E-state index in [4.69, 9.17) is 0 Å². The maximum absolute atomic E-state index is 12.5. The van der Waals surface area contributed by atoms with Crippen LogP contribution in [-0.4, -0.2) is 34.8 Å². The van der Waals surface area contributed by atoms with E-state index < -0.39 is 15.9 Å². The van der Waals surface area contributed by atoms with E-state index in [2.05, 4.69) is 14.8 Å². The highest BCUT2D eigenvalue weighted by atomic mass is 32.2. The third-order valence-electron chi connectivity index (χ3n) is 4.27. The van der Waals surface area contributed by atoms with Crippen molar-refractivity contribution in [2.45, 2.75) is 33.1 Å². The number of hydrogen-bond donors (Lipinski definition) is 1. The average molecular weight is 336 g/mol. The predicted octanol–water partition coefficient (Wildman–Crippen LogP) is 1.44. The van der Waals surface area contributed by atoms with Crippen LogP contribution in [0, 0.1) is 19.8 Å². The average Bonchev–Trinajstić information content (AvgIpc) is 2.68. The first-order chi connectivity index (χ1) is 10.8. The van der Waals surface area contributed by atoms with Crippen molar-refractivity contribution in [3.8, 4) is 0 Å². The highest BCUT2D eigenvalue weighted by Gasteiger charge is 2.27. The maximum Gasteiger partial charge on any atom is 0.265 e. The summed E-state index contributed by atoms with van der Waals surface area (Å²) in [4.78, 5) is 16.9. The van der Waals surface area contributed by atoms with Gasteiger partial charge in [0, 0.05) is 12.7 Å². The quantitative estimate of drug-likeness (QED) is 0.912. The molecule has 1 saturated carbocycles. The zero-order valence-electron chi connectivity index (χ0n) is 13.5. The summed E-state index contributed by atoms with van der Waals surface area (Å²) in [6.07, 6.45) is 2.89. The molecule has 3 rings (SSSR count). The van der Waals surface area contributed by atoms with Crippen LogP contribution in [0.25, 0.3) is 11.0 Å². The van der Waals surface area contributed by atoms with Crippen LogP contribution in [0.5, 0.6) is 0 Å². The van der Waals surface area contributed by atoms with Crippen LogP contribution in [0.3, 0.4) is 0 Å². The number of sulfonamides is 1. The van der Waals surface area contributed by atoms with Gasteiger partial charge < -0.3 is 0 Å². The van der Waals surface area contributed by atoms with Crippen LogP contribution >= 0.6 is 0 Å². The molecule has 2 aromatic heterocycles. The molecular weight excluding hydrogens is 316 g/mol. The molecule has 0 aliphatic heterocycles. The van der Waals surface area contributed by atoms with Crippen molar-refractivity contribution in [2.24, 2.45) is 13.0 Å². The molecule has 0 radical (unpaired) electrons. The van der Waals surface area contributed by atoms with Crippen molar-refractivity contribution in [3.63, 3.8) is 0 Å². The number of carbonyl (C=O) groups is 1. The summed E-state index contributed by atoms with van der Waals surface area (Å²) in [6, 6.07) is 1.60. The summed E-state index contributed by atoms with van der Waals surface area (Å²) < 4.78 is 28.1. The Labute approximate surface area is 135 Å². The van der Waals surface area contributed by atoms with Gasteiger partial charge in [0.2, 0.25) is 10.0 Å². The van der Waals surface area contributed by atoms with Gasteiger partial charge in [-0.15, -0.1) is 0 Å². The minimum absolute atomic E-state index is 0.0119. The summed E-state index contributed by atoms with van der Waals surface area (Å²) in [5.41, 5.74) is 2.16. The minimum atomic E-state index is -3.62. The molecule has 2 aromatic rings. The molecule has 8 heteroatoms. The summed E-state index contributed by atoms with van der Waals surface area (Å²) in [7, 11) is -1.88. The molecular formula is C15H20N4O3S. The van der Waals surface area contributed by atoms with E-state index in [1.165, 1.54) is 0 Å². The lowest BCUT2D eigenvalue weighted by Crippen LogP contribution is -2.36. The Kier molecular flexibility index (Phi) is 3.87. The molecule has 1 aliphatic rings. The molecule has 0 aromatic carbocycles. The van der Waals surface area contributed by atoms with Crippen LogP contribution in [-0.2, 0) is 17.1 Å². The van der Waals surface area contributed by atoms with Gasteiger partial charge in [-0.2, -0.15) is 5.10 Å². The Morgan fingerprint density at radius 2 is 2.09 bits per heavy atom. The second-order valence-corrected chi connectivity index (χ2v) is 8.00. The number of amides is 1. The number of rotatable bonds is 4. The lowest BCUT2D eigenvalue weighted by molar-refractivity contribution is 0.0982. The standard InChI is InChI=1S/C15H20N4O3S/c1-9-7-12(13-10(2)17-19(3)14(13)16-9)15(20)18-23(21,22)8-11-5-4-6-11/h7,11H,4-6,8H2,1-3H3,(H,18,20). The van der Waals surface area contributed by atoms with E-state index in [0.29, 0.717) is 28.0 Å². The van der Waals surface area contributed by atoms with Gasteiger partial charge in [-0.1, -0.05) is 6.42 Å². The fraction of sp³-hybridized carbons (Fsp3) is 0.533. The molecule has 0 saturated heterocycles. The molecule has 1 fully saturated rings. The van der Waals surface area contributed by atoms with Gasteiger partial charge in [-0.05, 0) is 38.7 Å². The van der Waals surface area contributed by atoms with Gasteiger partial charge in [0.15, 0.2) is 5.65 Å². The molecule has 1 N–H and O–H groups in total. The number of aromatic nitrogens is 3. The largest absolute Gasteiger partial charge is 0.268 e. The van der Waals surface area contributed by atoms with Crippen molar-refractivity contribution in [1.82, 2.24) is 19.5 Å². The van der Waals surface area contributed by atoms with E-state index in [0.717, 1.165) is 19.3 Å². The second kappa shape index (κ2) is 5.59. The molecule has 0 unspecified atom stereocenters. The van der Waals surface area contributed by atoms with Crippen molar-refractivity contribution in [3.05, 3.63) is 23.0 Å². The van der Waals surface area contributed by atoms with Crippen molar-refractivity contribution in [1.29, 1.82) is 0 Å². The first-order valence-corrected chi connectivity index (χ1v) is 9.28. The van der Waals surface area contributed by atoms with E-state index in [9.17, 15) is 13.2 Å². The highest BCUT2D eigenvalue weighted by Crippen LogP contribution is 2.27. The summed E-state index contributed by atoms with van der Waals surface area (Å²) >= 11 is 0. The minimum Gasteiger partial charge on any atom is -0.268 e. The number of pyridine rings is 1. The molecule has 0 atom stereocenters. The summed E-state index contributed by atoms with van der Waals surface area (Å²) in [6.45, 7) is 3.54. The predicted molar refractivity (Wildman–Crippen MR) is 86.6 cm³/mol. The lowest BCUT2D eigenvalue weighted by atomic mass is 9.87. The van der Waals surface area contributed by atoms with E-state index in [1.54, 1.807) is 31.6 Å². The molecule has 1 aliphatic carbocycles. The summed E-state index contributed by atoms with van der Waals surface area (Å²) in [5.74, 6) is -0.437. The van der Waals surface area contributed by atoms with E-state index in [1.807, 2.05) is 0 Å². The van der Waals surface area contributed by atoms with Crippen molar-refractivity contribution < 1.29 is 13.2 Å². The van der Waals surface area contributed by atoms with Crippen molar-refractivity contribution >= 4 is 27.0 Å². The molecule has 2 heterocycles. The fourth-order valence-corrected chi connectivity index (χ4v) is 4.39. The zero-order valence-corrected chi connectivity index (χ0v) is 14.3. The maximum atomic E-state index is 12.5. The Balaban J connectivity index is 1.94. The molecule has 23 heavy (non-hydrogen) atoms. The van der Waals surface area contributed by atoms with Crippen LogP contribution < -0.4 is 4.72 Å². The van der Waals surface area contributed by atoms with Gasteiger partial charge in [0.05, 0.1) is 22.4 Å². The number of nitrogens with one attached hydrogen (secondary N) is 1.